The summed E-state index contributed by atoms with van der Waals surface area (Å²) in [5.74, 6) is -1.33. The first-order valence-electron chi connectivity index (χ1n) is 3.02. The molecule has 0 spiro atoms. The summed E-state index contributed by atoms with van der Waals surface area (Å²) in [4.78, 5) is 10.4. The van der Waals surface area contributed by atoms with Gasteiger partial charge in [-0.1, -0.05) is 0 Å². The molecule has 13 heavy (non-hydrogen) atoms. The Labute approximate surface area is 78.1 Å². The van der Waals surface area contributed by atoms with Crippen LogP contribution < -0.4 is 5.73 Å². The van der Waals surface area contributed by atoms with Crippen molar-refractivity contribution in [3.63, 3.8) is 0 Å². The third-order valence-corrected chi connectivity index (χ3v) is 3.92. The third kappa shape index (κ3) is 1.78. The molecule has 1 heterocycles. The van der Waals surface area contributed by atoms with E-state index in [-0.39, 0.29) is 9.90 Å². The Kier molecular flexibility index (Phi) is 2.26. The number of nitrogens with two attached hydrogens (primary N) is 1. The average Bonchev–Trinajstić information content (AvgIpc) is 2.28. The number of carboxylic acid groups (broad SMARTS) is 1. The molecule has 0 saturated heterocycles. The molecule has 1 aromatic heterocycles. The highest BCUT2D eigenvalue weighted by molar-refractivity contribution is 7.92. The van der Waals surface area contributed by atoms with Gasteiger partial charge in [-0.05, 0) is 11.5 Å². The van der Waals surface area contributed by atoms with E-state index in [2.05, 4.69) is 4.37 Å². The zero-order chi connectivity index (χ0) is 10.2. The Morgan fingerprint density at radius 2 is 2.15 bits per heavy atom. The van der Waals surface area contributed by atoms with E-state index >= 15 is 0 Å². The Morgan fingerprint density at radius 1 is 1.62 bits per heavy atom. The molecule has 72 valence electrons. The van der Waals surface area contributed by atoms with E-state index in [1.54, 1.807) is 0 Å². The second kappa shape index (κ2) is 2.96. The van der Waals surface area contributed by atoms with Crippen molar-refractivity contribution in [2.75, 3.05) is 12.0 Å². The highest BCUT2D eigenvalue weighted by Crippen LogP contribution is 2.26. The lowest BCUT2D eigenvalue weighted by Gasteiger charge is -1.93. The molecule has 0 aliphatic rings. The van der Waals surface area contributed by atoms with Crippen LogP contribution in [-0.2, 0) is 9.84 Å². The first kappa shape index (κ1) is 9.93. The molecule has 1 rings (SSSR count). The van der Waals surface area contributed by atoms with Gasteiger partial charge in [-0.3, -0.25) is 0 Å². The SMILES string of the molecule is CS(=O)(=O)c1snc(C(=O)O)c1N. The summed E-state index contributed by atoms with van der Waals surface area (Å²) in [6.45, 7) is 0. The molecule has 0 unspecified atom stereocenters. The molecule has 0 fully saturated rings. The van der Waals surface area contributed by atoms with Crippen LogP contribution in [0.4, 0.5) is 5.69 Å². The van der Waals surface area contributed by atoms with Gasteiger partial charge in [0.1, 0.15) is 0 Å². The molecular formula is C5H6N2O4S2. The number of rotatable bonds is 2. The van der Waals surface area contributed by atoms with E-state index in [0.717, 1.165) is 6.26 Å². The Bertz CT molecular complexity index is 447. The molecule has 8 heteroatoms. The fourth-order valence-electron chi connectivity index (χ4n) is 0.704. The average molecular weight is 222 g/mol. The van der Waals surface area contributed by atoms with Crippen molar-refractivity contribution >= 4 is 33.0 Å². The summed E-state index contributed by atoms with van der Waals surface area (Å²) in [6, 6.07) is 0. The minimum Gasteiger partial charge on any atom is -0.476 e. The second-order valence-corrected chi connectivity index (χ2v) is 5.29. The maximum absolute atomic E-state index is 11.0. The molecule has 6 nitrogen and oxygen atoms in total. The summed E-state index contributed by atoms with van der Waals surface area (Å²) in [6.07, 6.45) is 0.947. The van der Waals surface area contributed by atoms with Crippen LogP contribution in [0.25, 0.3) is 0 Å². The summed E-state index contributed by atoms with van der Waals surface area (Å²) in [5.41, 5.74) is 4.58. The topological polar surface area (TPSA) is 110 Å². The molecular weight excluding hydrogens is 216 g/mol. The van der Waals surface area contributed by atoms with Gasteiger partial charge in [0.25, 0.3) is 0 Å². The number of nitrogen functional groups attached to an aromatic ring is 1. The summed E-state index contributed by atoms with van der Waals surface area (Å²) in [7, 11) is -3.48. The molecule has 0 aliphatic carbocycles. The lowest BCUT2D eigenvalue weighted by molar-refractivity contribution is 0.0693. The van der Waals surface area contributed by atoms with Gasteiger partial charge in [0, 0.05) is 6.26 Å². The van der Waals surface area contributed by atoms with Crippen molar-refractivity contribution in [3.05, 3.63) is 5.69 Å². The van der Waals surface area contributed by atoms with Crippen molar-refractivity contribution in [2.45, 2.75) is 4.21 Å². The molecule has 0 amide bonds. The predicted molar refractivity (Wildman–Crippen MR) is 46.6 cm³/mol. The number of hydrogen-bond donors (Lipinski definition) is 2. The molecule has 0 atom stereocenters. The van der Waals surface area contributed by atoms with Crippen LogP contribution in [0.3, 0.4) is 0 Å². The highest BCUT2D eigenvalue weighted by Gasteiger charge is 2.22. The van der Waals surface area contributed by atoms with Gasteiger partial charge in [0.15, 0.2) is 19.7 Å². The standard InChI is InChI=1S/C5H6N2O4S2/c1-13(10,11)5-2(6)3(4(8)9)7-12-5/h6H2,1H3,(H,8,9). The van der Waals surface area contributed by atoms with Crippen molar-refractivity contribution in [1.29, 1.82) is 0 Å². The smallest absolute Gasteiger partial charge is 0.357 e. The zero-order valence-corrected chi connectivity index (χ0v) is 8.15. The molecule has 3 N–H and O–H groups in total. The monoisotopic (exact) mass is 222 g/mol. The number of aromatic nitrogens is 1. The van der Waals surface area contributed by atoms with Crippen molar-refractivity contribution in [3.8, 4) is 0 Å². The highest BCUT2D eigenvalue weighted by atomic mass is 32.2. The number of sulfone groups is 1. The minimum atomic E-state index is -3.48. The van der Waals surface area contributed by atoms with Crippen LogP contribution >= 0.6 is 11.5 Å². The van der Waals surface area contributed by atoms with E-state index in [4.69, 9.17) is 10.8 Å². The van der Waals surface area contributed by atoms with Crippen molar-refractivity contribution in [1.82, 2.24) is 4.37 Å². The molecule has 0 aliphatic heterocycles. The Hall–Kier alpha value is -1.15. The molecule has 0 bridgehead atoms. The molecule has 0 radical (unpaired) electrons. The number of hydrogen-bond acceptors (Lipinski definition) is 6. The molecule has 0 saturated carbocycles. The lowest BCUT2D eigenvalue weighted by Crippen LogP contribution is -2.04. The Morgan fingerprint density at radius 3 is 2.38 bits per heavy atom. The normalized spacial score (nSPS) is 11.5. The van der Waals surface area contributed by atoms with Gasteiger partial charge in [-0.15, -0.1) is 0 Å². The molecule has 0 aromatic carbocycles. The zero-order valence-electron chi connectivity index (χ0n) is 6.51. The van der Waals surface area contributed by atoms with Crippen LogP contribution in [0.2, 0.25) is 0 Å². The lowest BCUT2D eigenvalue weighted by atomic mass is 10.4. The van der Waals surface area contributed by atoms with Crippen molar-refractivity contribution < 1.29 is 18.3 Å². The number of carbonyl (C=O) groups is 1. The van der Waals surface area contributed by atoms with Crippen LogP contribution in [0.1, 0.15) is 10.5 Å². The van der Waals surface area contributed by atoms with Crippen LogP contribution in [0.5, 0.6) is 0 Å². The van der Waals surface area contributed by atoms with E-state index in [0.29, 0.717) is 11.5 Å². The summed E-state index contributed by atoms with van der Waals surface area (Å²) >= 11 is 0.568. The maximum atomic E-state index is 11.0. The predicted octanol–water partition coefficient (Wildman–Crippen LogP) is -0.173. The van der Waals surface area contributed by atoms with E-state index < -0.39 is 21.5 Å². The van der Waals surface area contributed by atoms with Gasteiger partial charge >= 0.3 is 5.97 Å². The van der Waals surface area contributed by atoms with Crippen LogP contribution in [0.15, 0.2) is 4.21 Å². The van der Waals surface area contributed by atoms with E-state index in [9.17, 15) is 13.2 Å². The van der Waals surface area contributed by atoms with Gasteiger partial charge in [0.2, 0.25) is 0 Å². The number of nitrogens with zero attached hydrogens (tertiary/aromatic N) is 1. The fraction of sp³-hybridized carbons (Fsp3) is 0.200. The number of aromatic carboxylic acids is 1. The Balaban J connectivity index is 3.39. The van der Waals surface area contributed by atoms with Crippen LogP contribution in [-0.4, -0.2) is 30.1 Å². The van der Waals surface area contributed by atoms with Gasteiger partial charge in [-0.25, -0.2) is 13.2 Å². The van der Waals surface area contributed by atoms with Gasteiger partial charge in [0.05, 0.1) is 5.69 Å². The largest absolute Gasteiger partial charge is 0.476 e. The first-order chi connectivity index (χ1) is 5.84. The van der Waals surface area contributed by atoms with Crippen LogP contribution in [0, 0.1) is 0 Å². The second-order valence-electron chi connectivity index (χ2n) is 2.31. The number of anilines is 1. The van der Waals surface area contributed by atoms with E-state index in [1.165, 1.54) is 0 Å². The minimum absolute atomic E-state index is 0.204. The van der Waals surface area contributed by atoms with Gasteiger partial charge in [-0.2, -0.15) is 4.37 Å². The summed E-state index contributed by atoms with van der Waals surface area (Å²) in [5, 5.41) is 8.51. The fourth-order valence-corrected chi connectivity index (χ4v) is 2.40. The number of carboxylic acids is 1. The summed E-state index contributed by atoms with van der Waals surface area (Å²) < 4.78 is 25.2. The first-order valence-corrected chi connectivity index (χ1v) is 5.69. The van der Waals surface area contributed by atoms with Crippen molar-refractivity contribution in [2.24, 2.45) is 0 Å². The molecule has 1 aromatic rings. The van der Waals surface area contributed by atoms with E-state index in [1.807, 2.05) is 0 Å². The maximum Gasteiger partial charge on any atom is 0.357 e. The van der Waals surface area contributed by atoms with Gasteiger partial charge < -0.3 is 10.8 Å². The quantitative estimate of drug-likeness (QED) is 0.718. The third-order valence-electron chi connectivity index (χ3n) is 1.23.